The zero-order chi connectivity index (χ0) is 32.0. The number of ether oxygens (including phenoxy) is 4. The molecule has 0 aliphatic carbocycles. The minimum atomic E-state index is -1.15. The molecule has 3 aromatic carbocycles. The fourth-order valence-electron chi connectivity index (χ4n) is 5.51. The van der Waals surface area contributed by atoms with Gasteiger partial charge in [0.1, 0.15) is 35.9 Å². The van der Waals surface area contributed by atoms with E-state index in [4.69, 9.17) is 18.9 Å². The van der Waals surface area contributed by atoms with Crippen LogP contribution in [0.25, 0.3) is 16.7 Å². The number of aromatic nitrogens is 7. The summed E-state index contributed by atoms with van der Waals surface area (Å²) in [5, 5.41) is 22.8. The highest BCUT2D eigenvalue weighted by Crippen LogP contribution is 2.37. The molecular formula is C31H33N9O6. The summed E-state index contributed by atoms with van der Waals surface area (Å²) in [4.78, 5) is 30.2. The van der Waals surface area contributed by atoms with Crippen molar-refractivity contribution in [2.24, 2.45) is 0 Å². The third kappa shape index (κ3) is 6.17. The zero-order valence-corrected chi connectivity index (χ0v) is 25.6. The molecule has 0 unspecified atom stereocenters. The van der Waals surface area contributed by atoms with Gasteiger partial charge in [0.15, 0.2) is 11.5 Å². The molecule has 1 aliphatic heterocycles. The molecule has 15 heteroatoms. The van der Waals surface area contributed by atoms with E-state index in [1.54, 1.807) is 36.4 Å². The maximum atomic E-state index is 14.5. The van der Waals surface area contributed by atoms with Gasteiger partial charge in [-0.3, -0.25) is 14.5 Å². The van der Waals surface area contributed by atoms with Gasteiger partial charge in [-0.05, 0) is 65.2 Å². The SMILES string of the molecule is COc1ccc([C@H](C(=O)NC[C@H]2CCCO2)N(C(=O)Cn2nnc3ccccc32)c2ccc(-n3cnnn3)c(OC)c2)cc1OC. The molecule has 3 heterocycles. The van der Waals surface area contributed by atoms with E-state index >= 15 is 0 Å². The lowest BCUT2D eigenvalue weighted by atomic mass is 10.0. The maximum Gasteiger partial charge on any atom is 0.249 e. The normalized spacial score (nSPS) is 15.0. The van der Waals surface area contributed by atoms with Crippen LogP contribution in [0.2, 0.25) is 0 Å². The van der Waals surface area contributed by atoms with E-state index in [0.717, 1.165) is 12.8 Å². The number of benzene rings is 3. The number of carbonyl (C=O) groups is 2. The highest BCUT2D eigenvalue weighted by Gasteiger charge is 2.35. The van der Waals surface area contributed by atoms with Crippen molar-refractivity contribution in [1.29, 1.82) is 0 Å². The van der Waals surface area contributed by atoms with Gasteiger partial charge in [0.25, 0.3) is 0 Å². The molecule has 2 atom stereocenters. The number of fused-ring (bicyclic) bond motifs is 1. The second-order valence-corrected chi connectivity index (χ2v) is 10.5. The topological polar surface area (TPSA) is 161 Å². The van der Waals surface area contributed by atoms with Crippen LogP contribution in [0.4, 0.5) is 5.69 Å². The van der Waals surface area contributed by atoms with Crippen LogP contribution in [0.15, 0.2) is 67.0 Å². The smallest absolute Gasteiger partial charge is 0.249 e. The molecule has 0 radical (unpaired) electrons. The summed E-state index contributed by atoms with van der Waals surface area (Å²) in [5.41, 5.74) is 2.72. The van der Waals surface area contributed by atoms with Crippen molar-refractivity contribution in [3.63, 3.8) is 0 Å². The molecule has 1 fully saturated rings. The predicted octanol–water partition coefficient (Wildman–Crippen LogP) is 2.50. The molecule has 46 heavy (non-hydrogen) atoms. The fourth-order valence-corrected chi connectivity index (χ4v) is 5.51. The average molecular weight is 628 g/mol. The third-order valence-electron chi connectivity index (χ3n) is 7.77. The monoisotopic (exact) mass is 627 g/mol. The van der Waals surface area contributed by atoms with Crippen molar-refractivity contribution in [2.75, 3.05) is 39.4 Å². The van der Waals surface area contributed by atoms with Gasteiger partial charge in [-0.1, -0.05) is 23.4 Å². The van der Waals surface area contributed by atoms with Gasteiger partial charge in [0.05, 0.1) is 33.0 Å². The standard InChI is InChI=1S/C31H33N9O6/c1-43-26-13-10-20(15-28(26)45-3)30(31(42)32-17-22-7-6-14-46-22)40(29(41)18-38-24-9-5-4-8-23(24)34-36-38)21-11-12-25(27(16-21)44-2)39-19-33-35-37-39/h4-5,8-13,15-16,19,22,30H,6-7,14,17-18H2,1-3H3,(H,32,42)/t22-,30-/m1/s1. The van der Waals surface area contributed by atoms with Crippen LogP contribution in [0, 0.1) is 0 Å². The number of methoxy groups -OCH3 is 3. The Labute approximate surface area is 264 Å². The summed E-state index contributed by atoms with van der Waals surface area (Å²) < 4.78 is 25.4. The molecule has 0 saturated carbocycles. The summed E-state index contributed by atoms with van der Waals surface area (Å²) in [6.07, 6.45) is 3.07. The average Bonchev–Trinajstić information content (AvgIpc) is 3.89. The summed E-state index contributed by atoms with van der Waals surface area (Å²) in [5.74, 6) is 0.407. The number of hydrogen-bond acceptors (Lipinski definition) is 11. The van der Waals surface area contributed by atoms with Crippen LogP contribution in [0.5, 0.6) is 17.2 Å². The Morgan fingerprint density at radius 3 is 2.57 bits per heavy atom. The van der Waals surface area contributed by atoms with Gasteiger partial charge in [-0.15, -0.1) is 10.2 Å². The molecule has 1 saturated heterocycles. The highest BCUT2D eigenvalue weighted by atomic mass is 16.5. The first kappa shape index (κ1) is 30.5. The van der Waals surface area contributed by atoms with E-state index in [2.05, 4.69) is 31.2 Å². The van der Waals surface area contributed by atoms with Gasteiger partial charge in [-0.25, -0.2) is 4.68 Å². The summed E-state index contributed by atoms with van der Waals surface area (Å²) in [6, 6.07) is 16.4. The van der Waals surface area contributed by atoms with Gasteiger partial charge in [-0.2, -0.15) is 4.68 Å². The van der Waals surface area contributed by atoms with E-state index in [1.165, 1.54) is 41.9 Å². The van der Waals surface area contributed by atoms with Gasteiger partial charge < -0.3 is 24.3 Å². The molecule has 2 amide bonds. The van der Waals surface area contributed by atoms with Crippen molar-refractivity contribution >= 4 is 28.5 Å². The summed E-state index contributed by atoms with van der Waals surface area (Å²) in [6.45, 7) is 0.726. The molecule has 1 aliphatic rings. The highest BCUT2D eigenvalue weighted by molar-refractivity contribution is 6.02. The number of hydrogen-bond donors (Lipinski definition) is 1. The van der Waals surface area contributed by atoms with Crippen LogP contribution in [-0.4, -0.2) is 87.6 Å². The first-order valence-corrected chi connectivity index (χ1v) is 14.6. The van der Waals surface area contributed by atoms with E-state index in [1.807, 2.05) is 24.3 Å². The fraction of sp³-hybridized carbons (Fsp3) is 0.323. The first-order chi connectivity index (χ1) is 22.5. The van der Waals surface area contributed by atoms with E-state index in [-0.39, 0.29) is 12.6 Å². The Morgan fingerprint density at radius 1 is 1.00 bits per heavy atom. The van der Waals surface area contributed by atoms with Crippen LogP contribution in [-0.2, 0) is 20.9 Å². The number of nitrogens with one attached hydrogen (secondary N) is 1. The zero-order valence-electron chi connectivity index (χ0n) is 25.6. The number of para-hydroxylation sites is 1. The Balaban J connectivity index is 1.47. The van der Waals surface area contributed by atoms with E-state index in [9.17, 15) is 9.59 Å². The van der Waals surface area contributed by atoms with Gasteiger partial charge in [0.2, 0.25) is 11.8 Å². The summed E-state index contributed by atoms with van der Waals surface area (Å²) in [7, 11) is 4.54. The molecule has 5 aromatic rings. The lowest BCUT2D eigenvalue weighted by Gasteiger charge is -2.32. The first-order valence-electron chi connectivity index (χ1n) is 14.6. The van der Waals surface area contributed by atoms with Crippen LogP contribution < -0.4 is 24.4 Å². The Kier molecular flexibility index (Phi) is 9.01. The van der Waals surface area contributed by atoms with Crippen molar-refractivity contribution in [3.05, 3.63) is 72.6 Å². The molecule has 0 bridgehead atoms. The second-order valence-electron chi connectivity index (χ2n) is 10.5. The minimum Gasteiger partial charge on any atom is -0.494 e. The predicted molar refractivity (Wildman–Crippen MR) is 165 cm³/mol. The Bertz CT molecular complexity index is 1820. The van der Waals surface area contributed by atoms with E-state index < -0.39 is 17.9 Å². The molecule has 1 N–H and O–H groups in total. The number of amides is 2. The van der Waals surface area contributed by atoms with Gasteiger partial charge in [0, 0.05) is 24.9 Å². The molecule has 2 aromatic heterocycles. The van der Waals surface area contributed by atoms with Crippen molar-refractivity contribution < 1.29 is 28.5 Å². The number of nitrogens with zero attached hydrogens (tertiary/aromatic N) is 8. The Hall–Kier alpha value is -5.57. The molecule has 15 nitrogen and oxygen atoms in total. The minimum absolute atomic E-state index is 0.115. The van der Waals surface area contributed by atoms with Crippen molar-refractivity contribution in [3.8, 4) is 22.9 Å². The van der Waals surface area contributed by atoms with Crippen LogP contribution in [0.1, 0.15) is 24.4 Å². The molecular weight excluding hydrogens is 594 g/mol. The second kappa shape index (κ2) is 13.6. The molecule has 6 rings (SSSR count). The number of carbonyl (C=O) groups excluding carboxylic acids is 2. The van der Waals surface area contributed by atoms with Crippen molar-refractivity contribution in [1.82, 2.24) is 40.5 Å². The lowest BCUT2D eigenvalue weighted by molar-refractivity contribution is -0.127. The van der Waals surface area contributed by atoms with Crippen LogP contribution in [0.3, 0.4) is 0 Å². The van der Waals surface area contributed by atoms with Crippen molar-refractivity contribution in [2.45, 2.75) is 31.5 Å². The largest absolute Gasteiger partial charge is 0.494 e. The van der Waals surface area contributed by atoms with E-state index in [0.29, 0.717) is 58.4 Å². The van der Waals surface area contributed by atoms with Gasteiger partial charge >= 0.3 is 0 Å². The molecule has 238 valence electrons. The Morgan fingerprint density at radius 2 is 1.83 bits per heavy atom. The molecule has 0 spiro atoms. The lowest BCUT2D eigenvalue weighted by Crippen LogP contribution is -2.46. The number of rotatable bonds is 12. The number of anilines is 1. The van der Waals surface area contributed by atoms with Crippen LogP contribution >= 0.6 is 0 Å². The summed E-state index contributed by atoms with van der Waals surface area (Å²) >= 11 is 0. The third-order valence-corrected chi connectivity index (χ3v) is 7.77. The maximum absolute atomic E-state index is 14.5. The quantitative estimate of drug-likeness (QED) is 0.216. The number of tetrazole rings is 1.